The van der Waals surface area contributed by atoms with Crippen LogP contribution in [0.4, 0.5) is 10.1 Å². The number of ether oxygens (including phenoxy) is 1. The van der Waals surface area contributed by atoms with Gasteiger partial charge in [0.1, 0.15) is 11.6 Å². The van der Waals surface area contributed by atoms with E-state index in [1.807, 2.05) is 32.0 Å². The standard InChI is InChI=1S/C18H19ClFNO2/c1-4-13-7-5-6-11(2)17(13)21-18(22)12(3)23-16-9-8-14(20)10-15(16)19/h5-10,12H,4H2,1-3H3,(H,21,22). The first-order chi connectivity index (χ1) is 10.9. The fourth-order valence-electron chi connectivity index (χ4n) is 2.24. The molecule has 0 heterocycles. The van der Waals surface area contributed by atoms with Crippen LogP contribution in [0, 0.1) is 12.7 Å². The Bertz CT molecular complexity index is 718. The van der Waals surface area contributed by atoms with Crippen molar-refractivity contribution < 1.29 is 13.9 Å². The summed E-state index contributed by atoms with van der Waals surface area (Å²) < 4.78 is 18.6. The number of halogens is 2. The number of carbonyl (C=O) groups excluding carboxylic acids is 1. The molecule has 0 aliphatic rings. The predicted molar refractivity (Wildman–Crippen MR) is 90.7 cm³/mol. The van der Waals surface area contributed by atoms with Gasteiger partial charge in [0.15, 0.2) is 6.10 Å². The molecule has 122 valence electrons. The van der Waals surface area contributed by atoms with Gasteiger partial charge in [-0.2, -0.15) is 0 Å². The smallest absolute Gasteiger partial charge is 0.265 e. The number of hydrogen-bond donors (Lipinski definition) is 1. The van der Waals surface area contributed by atoms with Gasteiger partial charge in [-0.05, 0) is 49.6 Å². The monoisotopic (exact) mass is 335 g/mol. The molecule has 0 fully saturated rings. The molecule has 0 aliphatic heterocycles. The van der Waals surface area contributed by atoms with E-state index in [2.05, 4.69) is 5.32 Å². The average Bonchev–Trinajstić information content (AvgIpc) is 2.51. The third kappa shape index (κ3) is 4.23. The van der Waals surface area contributed by atoms with Crippen molar-refractivity contribution in [3.05, 3.63) is 58.4 Å². The molecule has 2 aromatic rings. The fourth-order valence-corrected chi connectivity index (χ4v) is 2.45. The van der Waals surface area contributed by atoms with E-state index in [4.69, 9.17) is 16.3 Å². The van der Waals surface area contributed by atoms with Crippen LogP contribution in [0.1, 0.15) is 25.0 Å². The average molecular weight is 336 g/mol. The van der Waals surface area contributed by atoms with E-state index < -0.39 is 11.9 Å². The number of benzene rings is 2. The van der Waals surface area contributed by atoms with Crippen molar-refractivity contribution in [2.75, 3.05) is 5.32 Å². The molecular formula is C18H19ClFNO2. The molecule has 0 radical (unpaired) electrons. The summed E-state index contributed by atoms with van der Waals surface area (Å²) in [5.74, 6) is -0.461. The van der Waals surface area contributed by atoms with Gasteiger partial charge in [0.05, 0.1) is 5.02 Å². The summed E-state index contributed by atoms with van der Waals surface area (Å²) in [4.78, 5) is 12.4. The summed E-state index contributed by atoms with van der Waals surface area (Å²) in [7, 11) is 0. The topological polar surface area (TPSA) is 38.3 Å². The third-order valence-electron chi connectivity index (χ3n) is 3.56. The van der Waals surface area contributed by atoms with Gasteiger partial charge >= 0.3 is 0 Å². The van der Waals surface area contributed by atoms with Gasteiger partial charge in [-0.3, -0.25) is 4.79 Å². The van der Waals surface area contributed by atoms with Crippen LogP contribution >= 0.6 is 11.6 Å². The van der Waals surface area contributed by atoms with Gasteiger partial charge in [0, 0.05) is 5.69 Å². The molecule has 2 rings (SSSR count). The number of amides is 1. The van der Waals surface area contributed by atoms with Gasteiger partial charge in [-0.1, -0.05) is 36.7 Å². The minimum absolute atomic E-state index is 0.134. The Morgan fingerprint density at radius 1 is 1.35 bits per heavy atom. The first kappa shape index (κ1) is 17.3. The maximum atomic E-state index is 13.0. The van der Waals surface area contributed by atoms with Crippen LogP contribution < -0.4 is 10.1 Å². The summed E-state index contributed by atoms with van der Waals surface area (Å²) in [6.45, 7) is 5.60. The van der Waals surface area contributed by atoms with Crippen molar-refractivity contribution in [3.8, 4) is 5.75 Å². The minimum atomic E-state index is -0.762. The second-order valence-electron chi connectivity index (χ2n) is 5.29. The Morgan fingerprint density at radius 2 is 2.09 bits per heavy atom. The largest absolute Gasteiger partial charge is 0.479 e. The molecule has 0 saturated heterocycles. The zero-order valence-electron chi connectivity index (χ0n) is 13.3. The normalized spacial score (nSPS) is 11.9. The van der Waals surface area contributed by atoms with Crippen LogP contribution in [0.3, 0.4) is 0 Å². The molecule has 1 unspecified atom stereocenters. The first-order valence-corrected chi connectivity index (χ1v) is 7.81. The quantitative estimate of drug-likeness (QED) is 0.855. The van der Waals surface area contributed by atoms with Crippen molar-refractivity contribution in [3.63, 3.8) is 0 Å². The molecule has 0 spiro atoms. The number of anilines is 1. The van der Waals surface area contributed by atoms with E-state index in [9.17, 15) is 9.18 Å². The number of nitrogens with one attached hydrogen (secondary N) is 1. The molecule has 23 heavy (non-hydrogen) atoms. The van der Waals surface area contributed by atoms with Crippen LogP contribution in [0.15, 0.2) is 36.4 Å². The summed E-state index contributed by atoms with van der Waals surface area (Å²) in [6, 6.07) is 9.68. The number of para-hydroxylation sites is 1. The minimum Gasteiger partial charge on any atom is -0.479 e. The fraction of sp³-hybridized carbons (Fsp3) is 0.278. The first-order valence-electron chi connectivity index (χ1n) is 7.43. The molecule has 2 aromatic carbocycles. The molecule has 1 N–H and O–H groups in total. The number of hydrogen-bond acceptors (Lipinski definition) is 2. The maximum absolute atomic E-state index is 13.0. The number of aryl methyl sites for hydroxylation is 2. The molecule has 1 atom stereocenters. The van der Waals surface area contributed by atoms with E-state index in [1.54, 1.807) is 6.92 Å². The molecule has 0 aliphatic carbocycles. The van der Waals surface area contributed by atoms with Gasteiger partial charge in [0.2, 0.25) is 0 Å². The molecular weight excluding hydrogens is 317 g/mol. The zero-order chi connectivity index (χ0) is 17.0. The number of carbonyl (C=O) groups is 1. The van der Waals surface area contributed by atoms with E-state index in [0.717, 1.165) is 29.3 Å². The van der Waals surface area contributed by atoms with Crippen molar-refractivity contribution in [1.82, 2.24) is 0 Å². The molecule has 0 bridgehead atoms. The second kappa shape index (κ2) is 7.47. The Morgan fingerprint density at radius 3 is 2.74 bits per heavy atom. The summed E-state index contributed by atoms with van der Waals surface area (Å²) in [5.41, 5.74) is 2.86. The lowest BCUT2D eigenvalue weighted by Gasteiger charge is -2.18. The predicted octanol–water partition coefficient (Wildman–Crippen LogP) is 4.76. The molecule has 5 heteroatoms. The van der Waals surface area contributed by atoms with E-state index in [-0.39, 0.29) is 16.7 Å². The van der Waals surface area contributed by atoms with Crippen molar-refractivity contribution in [1.29, 1.82) is 0 Å². The van der Waals surface area contributed by atoms with Crippen LogP contribution in [-0.2, 0) is 11.2 Å². The third-order valence-corrected chi connectivity index (χ3v) is 3.85. The van der Waals surface area contributed by atoms with Gasteiger partial charge in [0.25, 0.3) is 5.91 Å². The Hall–Kier alpha value is -2.07. The zero-order valence-corrected chi connectivity index (χ0v) is 14.1. The van der Waals surface area contributed by atoms with E-state index in [1.165, 1.54) is 12.1 Å². The Kier molecular flexibility index (Phi) is 5.61. The molecule has 0 aromatic heterocycles. The van der Waals surface area contributed by atoms with Crippen molar-refractivity contribution in [2.24, 2.45) is 0 Å². The highest BCUT2D eigenvalue weighted by Crippen LogP contribution is 2.26. The molecule has 3 nitrogen and oxygen atoms in total. The SMILES string of the molecule is CCc1cccc(C)c1NC(=O)C(C)Oc1ccc(F)cc1Cl. The highest BCUT2D eigenvalue weighted by Gasteiger charge is 2.18. The summed E-state index contributed by atoms with van der Waals surface area (Å²) >= 11 is 5.91. The highest BCUT2D eigenvalue weighted by atomic mass is 35.5. The van der Waals surface area contributed by atoms with E-state index in [0.29, 0.717) is 0 Å². The summed E-state index contributed by atoms with van der Waals surface area (Å²) in [5, 5.41) is 3.03. The Labute approximate surface area is 140 Å². The van der Waals surface area contributed by atoms with Crippen LogP contribution in [0.5, 0.6) is 5.75 Å². The molecule has 0 saturated carbocycles. The molecule has 1 amide bonds. The maximum Gasteiger partial charge on any atom is 0.265 e. The number of rotatable bonds is 5. The lowest BCUT2D eigenvalue weighted by molar-refractivity contribution is -0.122. The van der Waals surface area contributed by atoms with Gasteiger partial charge in [-0.25, -0.2) is 4.39 Å². The Balaban J connectivity index is 2.12. The van der Waals surface area contributed by atoms with Crippen LogP contribution in [-0.4, -0.2) is 12.0 Å². The van der Waals surface area contributed by atoms with Crippen molar-refractivity contribution >= 4 is 23.2 Å². The van der Waals surface area contributed by atoms with E-state index >= 15 is 0 Å². The van der Waals surface area contributed by atoms with Crippen LogP contribution in [0.2, 0.25) is 5.02 Å². The second-order valence-corrected chi connectivity index (χ2v) is 5.69. The van der Waals surface area contributed by atoms with Gasteiger partial charge in [-0.15, -0.1) is 0 Å². The van der Waals surface area contributed by atoms with Crippen LogP contribution in [0.25, 0.3) is 0 Å². The van der Waals surface area contributed by atoms with Crippen molar-refractivity contribution in [2.45, 2.75) is 33.3 Å². The summed E-state index contributed by atoms with van der Waals surface area (Å²) in [6.07, 6.45) is 0.0540. The lowest BCUT2D eigenvalue weighted by atomic mass is 10.1. The van der Waals surface area contributed by atoms with Gasteiger partial charge < -0.3 is 10.1 Å². The lowest BCUT2D eigenvalue weighted by Crippen LogP contribution is -2.30. The highest BCUT2D eigenvalue weighted by molar-refractivity contribution is 6.32.